The van der Waals surface area contributed by atoms with E-state index in [0.717, 1.165) is 6.42 Å². The molecule has 0 aliphatic heterocycles. The van der Waals surface area contributed by atoms with Gasteiger partial charge < -0.3 is 15.0 Å². The summed E-state index contributed by atoms with van der Waals surface area (Å²) in [6, 6.07) is 1.36. The largest absolute Gasteiger partial charge is 0.465 e. The monoisotopic (exact) mass is 318 g/mol. The van der Waals surface area contributed by atoms with Crippen molar-refractivity contribution in [3.05, 3.63) is 28.2 Å². The fourth-order valence-electron chi connectivity index (χ4n) is 3.64. The van der Waals surface area contributed by atoms with Gasteiger partial charge in [-0.3, -0.25) is 9.59 Å². The standard InChI is InChI=1S/C17H22N2O4/c1-23-17(22)11-7-14(16(21)18-9-11)19-15(20)13-8-12(13)10-5-3-2-4-6-10/h7,9-10,12-13H,2-6,8H2,1H3,(H,18,21)(H,19,20)/t12-,13+/m1/s1. The third kappa shape index (κ3) is 3.46. The van der Waals surface area contributed by atoms with E-state index in [9.17, 15) is 14.4 Å². The van der Waals surface area contributed by atoms with Crippen LogP contribution in [0.4, 0.5) is 5.69 Å². The van der Waals surface area contributed by atoms with Crippen LogP contribution in [0.25, 0.3) is 0 Å². The molecule has 1 aromatic rings. The van der Waals surface area contributed by atoms with Crippen molar-refractivity contribution in [2.75, 3.05) is 12.4 Å². The highest BCUT2D eigenvalue weighted by Crippen LogP contribution is 2.49. The SMILES string of the molecule is COC(=O)c1c[nH]c(=O)c(NC(=O)[C@H]2C[C@@H]2C2CCCCC2)c1. The number of carbonyl (C=O) groups is 2. The van der Waals surface area contributed by atoms with Gasteiger partial charge in [0.1, 0.15) is 5.69 Å². The van der Waals surface area contributed by atoms with Crippen molar-refractivity contribution in [2.24, 2.45) is 17.8 Å². The number of hydrogen-bond acceptors (Lipinski definition) is 4. The molecule has 1 heterocycles. The van der Waals surface area contributed by atoms with Crippen LogP contribution >= 0.6 is 0 Å². The van der Waals surface area contributed by atoms with Crippen molar-refractivity contribution >= 4 is 17.6 Å². The highest BCUT2D eigenvalue weighted by molar-refractivity contribution is 5.96. The third-order valence-electron chi connectivity index (χ3n) is 5.01. The van der Waals surface area contributed by atoms with Gasteiger partial charge >= 0.3 is 5.97 Å². The topological polar surface area (TPSA) is 88.3 Å². The third-order valence-corrected chi connectivity index (χ3v) is 5.01. The molecule has 23 heavy (non-hydrogen) atoms. The number of nitrogens with one attached hydrogen (secondary N) is 2. The van der Waals surface area contributed by atoms with Gasteiger partial charge in [-0.2, -0.15) is 0 Å². The molecule has 0 radical (unpaired) electrons. The van der Waals surface area contributed by atoms with Crippen molar-refractivity contribution in [1.29, 1.82) is 0 Å². The van der Waals surface area contributed by atoms with E-state index in [4.69, 9.17) is 0 Å². The number of amides is 1. The second-order valence-corrected chi connectivity index (χ2v) is 6.52. The van der Waals surface area contributed by atoms with E-state index < -0.39 is 11.5 Å². The molecule has 1 aromatic heterocycles. The highest BCUT2D eigenvalue weighted by atomic mass is 16.5. The predicted molar refractivity (Wildman–Crippen MR) is 85.2 cm³/mol. The van der Waals surface area contributed by atoms with Crippen LogP contribution in [0.1, 0.15) is 48.9 Å². The maximum Gasteiger partial charge on any atom is 0.339 e. The number of rotatable bonds is 4. The molecule has 3 rings (SSSR count). The summed E-state index contributed by atoms with van der Waals surface area (Å²) in [5, 5.41) is 2.67. The summed E-state index contributed by atoms with van der Waals surface area (Å²) in [5.41, 5.74) is -0.102. The molecule has 6 nitrogen and oxygen atoms in total. The van der Waals surface area contributed by atoms with E-state index in [1.54, 1.807) is 0 Å². The Hall–Kier alpha value is -2.11. The van der Waals surface area contributed by atoms with E-state index in [2.05, 4.69) is 15.0 Å². The lowest BCUT2D eigenvalue weighted by Gasteiger charge is -2.21. The minimum absolute atomic E-state index is 0.000664. The molecule has 1 amide bonds. The molecule has 0 bridgehead atoms. The Morgan fingerprint density at radius 1 is 1.26 bits per heavy atom. The van der Waals surface area contributed by atoms with E-state index in [1.807, 2.05) is 0 Å². The number of anilines is 1. The second kappa shape index (κ2) is 6.56. The fraction of sp³-hybridized carbons (Fsp3) is 0.588. The van der Waals surface area contributed by atoms with Gasteiger partial charge in [0.25, 0.3) is 5.56 Å². The minimum atomic E-state index is -0.553. The van der Waals surface area contributed by atoms with Gasteiger partial charge in [0, 0.05) is 12.1 Å². The first-order valence-electron chi connectivity index (χ1n) is 8.22. The number of esters is 1. The number of aromatic nitrogens is 1. The molecule has 6 heteroatoms. The maximum atomic E-state index is 12.4. The first-order valence-corrected chi connectivity index (χ1v) is 8.22. The molecule has 2 atom stereocenters. The number of aromatic amines is 1. The van der Waals surface area contributed by atoms with Crippen LogP contribution in [0.3, 0.4) is 0 Å². The van der Waals surface area contributed by atoms with Gasteiger partial charge in [0.2, 0.25) is 5.91 Å². The van der Waals surface area contributed by atoms with Crippen molar-refractivity contribution < 1.29 is 14.3 Å². The summed E-state index contributed by atoms with van der Waals surface area (Å²) in [7, 11) is 1.27. The Kier molecular flexibility index (Phi) is 4.50. The zero-order valence-corrected chi connectivity index (χ0v) is 13.3. The highest BCUT2D eigenvalue weighted by Gasteiger charge is 2.47. The number of hydrogen-bond donors (Lipinski definition) is 2. The van der Waals surface area contributed by atoms with Crippen molar-refractivity contribution in [3.8, 4) is 0 Å². The quantitative estimate of drug-likeness (QED) is 0.834. The lowest BCUT2D eigenvalue weighted by Crippen LogP contribution is -2.23. The molecule has 2 saturated carbocycles. The first kappa shape index (κ1) is 15.8. The van der Waals surface area contributed by atoms with Crippen LogP contribution in [-0.2, 0) is 9.53 Å². The second-order valence-electron chi connectivity index (χ2n) is 6.52. The summed E-state index contributed by atoms with van der Waals surface area (Å²) < 4.78 is 4.62. The number of methoxy groups -OCH3 is 1. The normalized spacial score (nSPS) is 24.0. The average molecular weight is 318 g/mol. The molecule has 2 fully saturated rings. The van der Waals surface area contributed by atoms with Gasteiger partial charge in [0.05, 0.1) is 12.7 Å². The molecule has 0 saturated heterocycles. The summed E-state index contributed by atoms with van der Waals surface area (Å²) in [6.07, 6.45) is 8.44. The van der Waals surface area contributed by atoms with Gasteiger partial charge in [0.15, 0.2) is 0 Å². The van der Waals surface area contributed by atoms with Crippen molar-refractivity contribution in [2.45, 2.75) is 38.5 Å². The molecule has 124 valence electrons. The molecule has 2 aliphatic rings. The van der Waals surface area contributed by atoms with Crippen LogP contribution in [0, 0.1) is 17.8 Å². The van der Waals surface area contributed by atoms with Gasteiger partial charge in [-0.25, -0.2) is 4.79 Å². The van der Waals surface area contributed by atoms with Crippen LogP contribution < -0.4 is 10.9 Å². The Bertz CT molecular complexity index is 661. The van der Waals surface area contributed by atoms with Gasteiger partial charge in [-0.1, -0.05) is 32.1 Å². The molecule has 2 N–H and O–H groups in total. The smallest absolute Gasteiger partial charge is 0.339 e. The van der Waals surface area contributed by atoms with Gasteiger partial charge in [-0.15, -0.1) is 0 Å². The number of ether oxygens (including phenoxy) is 1. The number of carbonyl (C=O) groups excluding carboxylic acids is 2. The Labute approximate surface area is 134 Å². The maximum absolute atomic E-state index is 12.4. The summed E-state index contributed by atoms with van der Waals surface area (Å²) >= 11 is 0. The number of H-pyrrole nitrogens is 1. The Morgan fingerprint density at radius 3 is 2.70 bits per heavy atom. The van der Waals surface area contributed by atoms with Crippen LogP contribution in [0.15, 0.2) is 17.1 Å². The number of pyridine rings is 1. The fourth-order valence-corrected chi connectivity index (χ4v) is 3.64. The zero-order valence-electron chi connectivity index (χ0n) is 13.3. The summed E-state index contributed by atoms with van der Waals surface area (Å²) in [5.74, 6) is 0.438. The molecule has 2 aliphatic carbocycles. The van der Waals surface area contributed by atoms with E-state index >= 15 is 0 Å². The Morgan fingerprint density at radius 2 is 2.00 bits per heavy atom. The Balaban J connectivity index is 1.64. The van der Waals surface area contributed by atoms with Crippen LogP contribution in [0.5, 0.6) is 0 Å². The van der Waals surface area contributed by atoms with Crippen molar-refractivity contribution in [3.63, 3.8) is 0 Å². The van der Waals surface area contributed by atoms with Gasteiger partial charge in [-0.05, 0) is 24.3 Å². The minimum Gasteiger partial charge on any atom is -0.465 e. The molecular weight excluding hydrogens is 296 g/mol. The molecule has 0 spiro atoms. The van der Waals surface area contributed by atoms with Crippen LogP contribution in [0.2, 0.25) is 0 Å². The van der Waals surface area contributed by atoms with Crippen molar-refractivity contribution in [1.82, 2.24) is 4.98 Å². The molecule has 0 unspecified atom stereocenters. The lowest BCUT2D eigenvalue weighted by molar-refractivity contribution is -0.117. The zero-order chi connectivity index (χ0) is 16.4. The first-order chi connectivity index (χ1) is 11.1. The van der Waals surface area contributed by atoms with Crippen LogP contribution in [-0.4, -0.2) is 24.0 Å². The van der Waals surface area contributed by atoms with E-state index in [1.165, 1.54) is 51.5 Å². The summed E-state index contributed by atoms with van der Waals surface area (Å²) in [6.45, 7) is 0. The molecule has 0 aromatic carbocycles. The van der Waals surface area contributed by atoms with E-state index in [0.29, 0.717) is 11.8 Å². The average Bonchev–Trinajstić information content (AvgIpc) is 3.37. The lowest BCUT2D eigenvalue weighted by atomic mass is 9.85. The molecular formula is C17H22N2O4. The predicted octanol–water partition coefficient (Wildman–Crippen LogP) is 2.32. The summed E-state index contributed by atoms with van der Waals surface area (Å²) in [4.78, 5) is 38.1. The van der Waals surface area contributed by atoms with E-state index in [-0.39, 0.29) is 23.1 Å².